The largest absolute Gasteiger partial charge is 0.389 e. The summed E-state index contributed by atoms with van der Waals surface area (Å²) in [7, 11) is 0. The Hall–Kier alpha value is -0.100. The third-order valence-corrected chi connectivity index (χ3v) is 4.51. The number of nitrogens with two attached hydrogens (primary N) is 1. The van der Waals surface area contributed by atoms with Crippen molar-refractivity contribution in [2.45, 2.75) is 36.8 Å². The van der Waals surface area contributed by atoms with Crippen LogP contribution < -0.4 is 5.73 Å². The second-order valence-corrected chi connectivity index (χ2v) is 6.23. The number of aliphatic hydroxyl groups is 1. The molecule has 0 spiro atoms. The first kappa shape index (κ1) is 15.0. The summed E-state index contributed by atoms with van der Waals surface area (Å²) in [6, 6.07) is 3.90. The van der Waals surface area contributed by atoms with E-state index in [-0.39, 0.29) is 0 Å². The third kappa shape index (κ3) is 5.86. The van der Waals surface area contributed by atoms with Crippen LogP contribution in [0.5, 0.6) is 0 Å². The molecule has 1 aromatic rings. The SMILES string of the molecule is CC(O)(CN)CCCCSc1ncccc1Br. The van der Waals surface area contributed by atoms with Gasteiger partial charge in [0.05, 0.1) is 5.60 Å². The van der Waals surface area contributed by atoms with Gasteiger partial charge in [-0.25, -0.2) is 4.98 Å². The summed E-state index contributed by atoms with van der Waals surface area (Å²) >= 11 is 5.20. The molecule has 1 rings (SSSR count). The fraction of sp³-hybridized carbons (Fsp3) is 0.583. The number of rotatable bonds is 7. The standard InChI is InChI=1S/C12H19BrN2OS/c1-12(16,9-14)6-2-3-8-17-11-10(13)5-4-7-15-11/h4-5,7,16H,2-3,6,8-9,14H2,1H3. The second-order valence-electron chi connectivity index (χ2n) is 4.30. The molecule has 0 aliphatic carbocycles. The Morgan fingerprint density at radius 3 is 2.94 bits per heavy atom. The van der Waals surface area contributed by atoms with Crippen LogP contribution in [0.1, 0.15) is 26.2 Å². The van der Waals surface area contributed by atoms with E-state index in [1.165, 1.54) is 0 Å². The van der Waals surface area contributed by atoms with Crippen molar-refractivity contribution in [3.8, 4) is 0 Å². The van der Waals surface area contributed by atoms with Crippen LogP contribution in [0.4, 0.5) is 0 Å². The van der Waals surface area contributed by atoms with Crippen molar-refractivity contribution in [3.05, 3.63) is 22.8 Å². The number of hydrogen-bond donors (Lipinski definition) is 2. The summed E-state index contributed by atoms with van der Waals surface area (Å²) in [5, 5.41) is 10.8. The molecule has 1 heterocycles. The first-order valence-electron chi connectivity index (χ1n) is 5.71. The monoisotopic (exact) mass is 318 g/mol. The smallest absolute Gasteiger partial charge is 0.110 e. The highest BCUT2D eigenvalue weighted by molar-refractivity contribution is 9.10. The summed E-state index contributed by atoms with van der Waals surface area (Å²) < 4.78 is 1.04. The summed E-state index contributed by atoms with van der Waals surface area (Å²) in [5.41, 5.74) is 4.75. The van der Waals surface area contributed by atoms with E-state index in [0.717, 1.165) is 34.5 Å². The first-order chi connectivity index (χ1) is 8.05. The lowest BCUT2D eigenvalue weighted by atomic mass is 10.00. The highest BCUT2D eigenvalue weighted by Gasteiger charge is 2.16. The average molecular weight is 319 g/mol. The molecular weight excluding hydrogens is 300 g/mol. The van der Waals surface area contributed by atoms with Gasteiger partial charge in [-0.1, -0.05) is 0 Å². The summed E-state index contributed by atoms with van der Waals surface area (Å²) in [4.78, 5) is 4.29. The van der Waals surface area contributed by atoms with E-state index in [4.69, 9.17) is 5.73 Å². The molecule has 1 unspecified atom stereocenters. The van der Waals surface area contributed by atoms with Gasteiger partial charge in [-0.3, -0.25) is 0 Å². The third-order valence-electron chi connectivity index (χ3n) is 2.51. The second kappa shape index (κ2) is 7.36. The van der Waals surface area contributed by atoms with Gasteiger partial charge in [-0.2, -0.15) is 0 Å². The van der Waals surface area contributed by atoms with Gasteiger partial charge in [0.15, 0.2) is 0 Å². The number of halogens is 1. The molecule has 0 aliphatic rings. The van der Waals surface area contributed by atoms with E-state index >= 15 is 0 Å². The Bertz CT molecular complexity index is 347. The molecule has 0 fully saturated rings. The number of nitrogens with zero attached hydrogens (tertiary/aromatic N) is 1. The Labute approximate surface area is 115 Å². The molecule has 0 bridgehead atoms. The average Bonchev–Trinajstić information content (AvgIpc) is 2.31. The van der Waals surface area contributed by atoms with Crippen LogP contribution in [0.15, 0.2) is 27.8 Å². The quantitative estimate of drug-likeness (QED) is 0.599. The molecule has 0 aromatic carbocycles. The zero-order valence-corrected chi connectivity index (χ0v) is 12.4. The molecule has 3 N–H and O–H groups in total. The molecule has 1 aromatic heterocycles. The van der Waals surface area contributed by atoms with Crippen LogP contribution in [0.2, 0.25) is 0 Å². The minimum Gasteiger partial charge on any atom is -0.389 e. The molecular formula is C12H19BrN2OS. The molecule has 3 nitrogen and oxygen atoms in total. The zero-order valence-electron chi connectivity index (χ0n) is 10.0. The lowest BCUT2D eigenvalue weighted by Crippen LogP contribution is -2.33. The van der Waals surface area contributed by atoms with E-state index in [2.05, 4.69) is 20.9 Å². The van der Waals surface area contributed by atoms with Gasteiger partial charge < -0.3 is 10.8 Å². The van der Waals surface area contributed by atoms with Gasteiger partial charge >= 0.3 is 0 Å². The Morgan fingerprint density at radius 1 is 1.53 bits per heavy atom. The van der Waals surface area contributed by atoms with Crippen LogP contribution in [0, 0.1) is 0 Å². The van der Waals surface area contributed by atoms with Gasteiger partial charge in [0.1, 0.15) is 5.03 Å². The molecule has 0 aliphatic heterocycles. The van der Waals surface area contributed by atoms with E-state index in [1.807, 2.05) is 12.1 Å². The molecule has 1 atom stereocenters. The van der Waals surface area contributed by atoms with Crippen molar-refractivity contribution in [2.75, 3.05) is 12.3 Å². The van der Waals surface area contributed by atoms with E-state index in [0.29, 0.717) is 6.54 Å². The van der Waals surface area contributed by atoms with Crippen molar-refractivity contribution in [3.63, 3.8) is 0 Å². The van der Waals surface area contributed by atoms with Crippen molar-refractivity contribution < 1.29 is 5.11 Å². The molecule has 96 valence electrons. The molecule has 17 heavy (non-hydrogen) atoms. The highest BCUT2D eigenvalue weighted by atomic mass is 79.9. The van der Waals surface area contributed by atoms with Gasteiger partial charge in [-0.15, -0.1) is 11.8 Å². The number of unbranched alkanes of at least 4 members (excludes halogenated alkanes) is 1. The fourth-order valence-corrected chi connectivity index (χ4v) is 2.84. The van der Waals surface area contributed by atoms with Crippen molar-refractivity contribution >= 4 is 27.7 Å². The van der Waals surface area contributed by atoms with E-state index < -0.39 is 5.60 Å². The van der Waals surface area contributed by atoms with Crippen LogP contribution >= 0.6 is 27.7 Å². The van der Waals surface area contributed by atoms with Gasteiger partial charge in [-0.05, 0) is 60.0 Å². The maximum Gasteiger partial charge on any atom is 0.110 e. The van der Waals surface area contributed by atoms with Gasteiger partial charge in [0, 0.05) is 17.2 Å². The topological polar surface area (TPSA) is 59.1 Å². The van der Waals surface area contributed by atoms with Crippen LogP contribution in [0.3, 0.4) is 0 Å². The predicted octanol–water partition coefficient (Wildman–Crippen LogP) is 2.82. The summed E-state index contributed by atoms with van der Waals surface area (Å²) in [6.07, 6.45) is 4.60. The Balaban J connectivity index is 2.19. The summed E-state index contributed by atoms with van der Waals surface area (Å²) in [6.45, 7) is 2.11. The lowest BCUT2D eigenvalue weighted by Gasteiger charge is -2.20. The van der Waals surface area contributed by atoms with Crippen molar-refractivity contribution in [1.82, 2.24) is 4.98 Å². The van der Waals surface area contributed by atoms with Crippen LogP contribution in [-0.4, -0.2) is 28.0 Å². The van der Waals surface area contributed by atoms with Gasteiger partial charge in [0.25, 0.3) is 0 Å². The molecule has 0 saturated heterocycles. The Morgan fingerprint density at radius 2 is 2.29 bits per heavy atom. The maximum absolute atomic E-state index is 9.73. The van der Waals surface area contributed by atoms with Crippen LogP contribution in [-0.2, 0) is 0 Å². The molecule has 0 radical (unpaired) electrons. The van der Waals surface area contributed by atoms with Crippen LogP contribution in [0.25, 0.3) is 0 Å². The lowest BCUT2D eigenvalue weighted by molar-refractivity contribution is 0.0577. The van der Waals surface area contributed by atoms with E-state index in [9.17, 15) is 5.11 Å². The first-order valence-corrected chi connectivity index (χ1v) is 7.49. The molecule has 5 heteroatoms. The normalized spacial score (nSPS) is 14.6. The zero-order chi connectivity index (χ0) is 12.7. The van der Waals surface area contributed by atoms with Gasteiger partial charge in [0.2, 0.25) is 0 Å². The number of pyridine rings is 1. The molecule has 0 amide bonds. The molecule has 0 saturated carbocycles. The number of thioether (sulfide) groups is 1. The number of hydrogen-bond acceptors (Lipinski definition) is 4. The highest BCUT2D eigenvalue weighted by Crippen LogP contribution is 2.25. The van der Waals surface area contributed by atoms with Crippen molar-refractivity contribution in [1.29, 1.82) is 0 Å². The van der Waals surface area contributed by atoms with E-state index in [1.54, 1.807) is 24.9 Å². The minimum atomic E-state index is -0.712. The maximum atomic E-state index is 9.73. The summed E-state index contributed by atoms with van der Waals surface area (Å²) in [5.74, 6) is 1.01. The fourth-order valence-electron chi connectivity index (χ4n) is 1.36. The van der Waals surface area contributed by atoms with Crippen molar-refractivity contribution in [2.24, 2.45) is 5.73 Å². The Kier molecular flexibility index (Phi) is 6.48. The predicted molar refractivity (Wildman–Crippen MR) is 76.2 cm³/mol. The minimum absolute atomic E-state index is 0.325. The number of aromatic nitrogens is 1.